The Morgan fingerprint density at radius 3 is 2.26 bits per heavy atom. The standard InChI is InChI=1S/C13H12N4O2/c14-9-3-6-11(16-7-9)13(19)17-10-4-1-8(2-5-10)12(15)18/h1-7H,14H2,(H2,15,18)(H,17,19). The fourth-order valence-corrected chi connectivity index (χ4v) is 1.45. The molecule has 2 rings (SSSR count). The largest absolute Gasteiger partial charge is 0.397 e. The predicted octanol–water partition coefficient (Wildman–Crippen LogP) is 1.01. The number of benzene rings is 1. The van der Waals surface area contributed by atoms with Crippen molar-refractivity contribution >= 4 is 23.2 Å². The van der Waals surface area contributed by atoms with Crippen LogP contribution in [0.15, 0.2) is 42.6 Å². The van der Waals surface area contributed by atoms with Gasteiger partial charge in [-0.25, -0.2) is 4.98 Å². The minimum Gasteiger partial charge on any atom is -0.397 e. The van der Waals surface area contributed by atoms with Gasteiger partial charge in [-0.05, 0) is 36.4 Å². The van der Waals surface area contributed by atoms with Crippen LogP contribution in [0.1, 0.15) is 20.8 Å². The van der Waals surface area contributed by atoms with Gasteiger partial charge in [0, 0.05) is 11.3 Å². The average Bonchev–Trinajstić information content (AvgIpc) is 2.40. The molecule has 0 saturated heterocycles. The highest BCUT2D eigenvalue weighted by Crippen LogP contribution is 2.11. The molecule has 0 unspecified atom stereocenters. The number of nitrogen functional groups attached to an aromatic ring is 1. The number of rotatable bonds is 3. The second-order valence-corrected chi connectivity index (χ2v) is 3.87. The van der Waals surface area contributed by atoms with Crippen molar-refractivity contribution in [2.45, 2.75) is 0 Å². The van der Waals surface area contributed by atoms with Gasteiger partial charge in [-0.1, -0.05) is 0 Å². The fraction of sp³-hybridized carbons (Fsp3) is 0. The number of nitrogens with two attached hydrogens (primary N) is 2. The van der Waals surface area contributed by atoms with E-state index in [1.54, 1.807) is 18.2 Å². The number of carbonyl (C=O) groups excluding carboxylic acids is 2. The van der Waals surface area contributed by atoms with E-state index < -0.39 is 5.91 Å². The van der Waals surface area contributed by atoms with E-state index in [1.165, 1.54) is 24.4 Å². The Bertz CT molecular complexity index is 606. The molecule has 5 N–H and O–H groups in total. The minimum absolute atomic E-state index is 0.258. The van der Waals surface area contributed by atoms with Crippen LogP contribution in [0.4, 0.5) is 11.4 Å². The van der Waals surface area contributed by atoms with Crippen LogP contribution in [-0.2, 0) is 0 Å². The third-order valence-electron chi connectivity index (χ3n) is 2.45. The number of carbonyl (C=O) groups is 2. The van der Waals surface area contributed by atoms with Crippen molar-refractivity contribution in [3.05, 3.63) is 53.9 Å². The van der Waals surface area contributed by atoms with E-state index in [4.69, 9.17) is 11.5 Å². The van der Waals surface area contributed by atoms with Crippen LogP contribution >= 0.6 is 0 Å². The zero-order valence-electron chi connectivity index (χ0n) is 9.96. The Hall–Kier alpha value is -2.89. The topological polar surface area (TPSA) is 111 Å². The maximum atomic E-state index is 11.8. The number of aromatic nitrogens is 1. The van der Waals surface area contributed by atoms with Crippen molar-refractivity contribution in [3.63, 3.8) is 0 Å². The quantitative estimate of drug-likeness (QED) is 0.761. The molecular formula is C13H12N4O2. The first-order valence-corrected chi connectivity index (χ1v) is 5.49. The van der Waals surface area contributed by atoms with Crippen molar-refractivity contribution in [2.24, 2.45) is 5.73 Å². The number of hydrogen-bond donors (Lipinski definition) is 3. The summed E-state index contributed by atoms with van der Waals surface area (Å²) in [5.74, 6) is -0.870. The third-order valence-corrected chi connectivity index (χ3v) is 2.45. The van der Waals surface area contributed by atoms with Crippen LogP contribution in [0.25, 0.3) is 0 Å². The van der Waals surface area contributed by atoms with Crippen LogP contribution in [-0.4, -0.2) is 16.8 Å². The smallest absolute Gasteiger partial charge is 0.274 e. The van der Waals surface area contributed by atoms with Gasteiger partial charge < -0.3 is 16.8 Å². The van der Waals surface area contributed by atoms with Crippen LogP contribution in [0.2, 0.25) is 0 Å². The molecule has 6 nitrogen and oxygen atoms in total. The lowest BCUT2D eigenvalue weighted by Crippen LogP contribution is -2.14. The highest BCUT2D eigenvalue weighted by molar-refractivity contribution is 6.03. The summed E-state index contributed by atoms with van der Waals surface area (Å²) in [6, 6.07) is 9.38. The third kappa shape index (κ3) is 3.06. The Morgan fingerprint density at radius 1 is 1.05 bits per heavy atom. The number of primary amides is 1. The number of amides is 2. The number of anilines is 2. The monoisotopic (exact) mass is 256 g/mol. The fourth-order valence-electron chi connectivity index (χ4n) is 1.45. The van der Waals surface area contributed by atoms with E-state index in [-0.39, 0.29) is 11.6 Å². The van der Waals surface area contributed by atoms with Crippen molar-refractivity contribution in [1.82, 2.24) is 4.98 Å². The molecule has 2 amide bonds. The molecule has 0 saturated carbocycles. The molecule has 0 aliphatic rings. The summed E-state index contributed by atoms with van der Waals surface area (Å²) in [7, 11) is 0. The van der Waals surface area contributed by atoms with Gasteiger partial charge in [0.1, 0.15) is 5.69 Å². The highest BCUT2D eigenvalue weighted by Gasteiger charge is 2.07. The van der Waals surface area contributed by atoms with Gasteiger partial charge in [0.25, 0.3) is 5.91 Å². The molecule has 0 bridgehead atoms. The van der Waals surface area contributed by atoms with Gasteiger partial charge in [-0.3, -0.25) is 9.59 Å². The molecule has 96 valence electrons. The second kappa shape index (κ2) is 5.18. The van der Waals surface area contributed by atoms with Crippen LogP contribution in [0, 0.1) is 0 Å². The van der Waals surface area contributed by atoms with E-state index in [2.05, 4.69) is 10.3 Å². The van der Waals surface area contributed by atoms with Crippen LogP contribution in [0.5, 0.6) is 0 Å². The lowest BCUT2D eigenvalue weighted by atomic mass is 10.2. The van der Waals surface area contributed by atoms with Crippen molar-refractivity contribution in [3.8, 4) is 0 Å². The Morgan fingerprint density at radius 2 is 1.74 bits per heavy atom. The van der Waals surface area contributed by atoms with Gasteiger partial charge in [0.05, 0.1) is 11.9 Å². The van der Waals surface area contributed by atoms with Crippen LogP contribution in [0.3, 0.4) is 0 Å². The lowest BCUT2D eigenvalue weighted by molar-refractivity contribution is 0.0998. The Kier molecular flexibility index (Phi) is 3.42. The van der Waals surface area contributed by atoms with Crippen molar-refractivity contribution in [2.75, 3.05) is 11.1 Å². The molecule has 0 aliphatic carbocycles. The summed E-state index contributed by atoms with van der Waals surface area (Å²) in [6.45, 7) is 0. The van der Waals surface area contributed by atoms with Crippen molar-refractivity contribution < 1.29 is 9.59 Å². The summed E-state index contributed by atoms with van der Waals surface area (Å²) < 4.78 is 0. The summed E-state index contributed by atoms with van der Waals surface area (Å²) >= 11 is 0. The number of hydrogen-bond acceptors (Lipinski definition) is 4. The molecule has 1 heterocycles. The van der Waals surface area contributed by atoms with E-state index in [9.17, 15) is 9.59 Å². The molecule has 0 aliphatic heterocycles. The highest BCUT2D eigenvalue weighted by atomic mass is 16.2. The molecule has 19 heavy (non-hydrogen) atoms. The molecular weight excluding hydrogens is 244 g/mol. The number of nitrogens with zero attached hydrogens (tertiary/aromatic N) is 1. The molecule has 2 aromatic rings. The number of nitrogens with one attached hydrogen (secondary N) is 1. The normalized spacial score (nSPS) is 9.89. The maximum Gasteiger partial charge on any atom is 0.274 e. The van der Waals surface area contributed by atoms with Gasteiger partial charge in [0.2, 0.25) is 5.91 Å². The van der Waals surface area contributed by atoms with Gasteiger partial charge in [-0.15, -0.1) is 0 Å². The van der Waals surface area contributed by atoms with E-state index in [0.29, 0.717) is 16.9 Å². The molecule has 0 spiro atoms. The summed E-state index contributed by atoms with van der Waals surface area (Å²) in [6.07, 6.45) is 1.41. The molecule has 0 radical (unpaired) electrons. The first-order chi connectivity index (χ1) is 9.06. The average molecular weight is 256 g/mol. The minimum atomic E-state index is -0.516. The Labute approximate surface area is 109 Å². The predicted molar refractivity (Wildman–Crippen MR) is 71.6 cm³/mol. The first kappa shape index (κ1) is 12.6. The molecule has 1 aromatic carbocycles. The zero-order chi connectivity index (χ0) is 13.8. The summed E-state index contributed by atoms with van der Waals surface area (Å²) in [4.78, 5) is 26.6. The first-order valence-electron chi connectivity index (χ1n) is 5.49. The SMILES string of the molecule is NC(=O)c1ccc(NC(=O)c2ccc(N)cn2)cc1. The zero-order valence-corrected chi connectivity index (χ0v) is 9.96. The van der Waals surface area contributed by atoms with Crippen LogP contribution < -0.4 is 16.8 Å². The summed E-state index contributed by atoms with van der Waals surface area (Å²) in [5.41, 5.74) is 12.3. The molecule has 6 heteroatoms. The molecule has 1 aromatic heterocycles. The maximum absolute atomic E-state index is 11.8. The van der Waals surface area contributed by atoms with Crippen molar-refractivity contribution in [1.29, 1.82) is 0 Å². The number of pyridine rings is 1. The van der Waals surface area contributed by atoms with Gasteiger partial charge in [-0.2, -0.15) is 0 Å². The van der Waals surface area contributed by atoms with E-state index >= 15 is 0 Å². The Balaban J connectivity index is 2.10. The van der Waals surface area contributed by atoms with E-state index in [1.807, 2.05) is 0 Å². The van der Waals surface area contributed by atoms with Gasteiger partial charge >= 0.3 is 0 Å². The summed E-state index contributed by atoms with van der Waals surface area (Å²) in [5, 5.41) is 2.65. The van der Waals surface area contributed by atoms with Gasteiger partial charge in [0.15, 0.2) is 0 Å². The second-order valence-electron chi connectivity index (χ2n) is 3.87. The molecule has 0 fully saturated rings. The van der Waals surface area contributed by atoms with E-state index in [0.717, 1.165) is 0 Å². The lowest BCUT2D eigenvalue weighted by Gasteiger charge is -2.05. The molecule has 0 atom stereocenters.